The second kappa shape index (κ2) is 8.73. The van der Waals surface area contributed by atoms with Crippen LogP contribution in [0.1, 0.15) is 30.4 Å². The van der Waals surface area contributed by atoms with E-state index in [1.807, 2.05) is 30.3 Å². The summed E-state index contributed by atoms with van der Waals surface area (Å²) in [4.78, 5) is 15.2. The highest BCUT2D eigenvalue weighted by Gasteiger charge is 2.41. The third-order valence-electron chi connectivity index (χ3n) is 5.62. The van der Waals surface area contributed by atoms with Crippen molar-refractivity contribution in [3.63, 3.8) is 0 Å². The molecule has 1 spiro atoms. The third-order valence-corrected chi connectivity index (χ3v) is 5.62. The minimum absolute atomic E-state index is 0. The molecule has 4 rings (SSSR count). The molecule has 2 aromatic rings. The molecule has 0 atom stereocenters. The Morgan fingerprint density at radius 1 is 0.926 bits per heavy atom. The van der Waals surface area contributed by atoms with Gasteiger partial charge >= 0.3 is 0 Å². The molecule has 4 heteroatoms. The Labute approximate surface area is 167 Å². The van der Waals surface area contributed by atoms with Gasteiger partial charge < -0.3 is 9.64 Å². The molecule has 0 unspecified atom stereocenters. The summed E-state index contributed by atoms with van der Waals surface area (Å²) < 4.78 is 6.15. The van der Waals surface area contributed by atoms with Gasteiger partial charge in [-0.25, -0.2) is 0 Å². The zero-order chi connectivity index (χ0) is 17.8. The molecule has 3 nitrogen and oxygen atoms in total. The van der Waals surface area contributed by atoms with Crippen LogP contribution in [0.15, 0.2) is 66.9 Å². The number of allylic oxidation sites excluding steroid dienone is 1. The number of ether oxygens (including phenoxy) is 1. The van der Waals surface area contributed by atoms with Crippen molar-refractivity contribution in [1.29, 1.82) is 0 Å². The van der Waals surface area contributed by atoms with E-state index in [2.05, 4.69) is 35.2 Å². The lowest BCUT2D eigenvalue weighted by atomic mass is 9.82. The predicted molar refractivity (Wildman–Crippen MR) is 111 cm³/mol. The molecule has 0 N–H and O–H groups in total. The van der Waals surface area contributed by atoms with E-state index >= 15 is 0 Å². The van der Waals surface area contributed by atoms with Crippen molar-refractivity contribution in [3.8, 4) is 0 Å². The Kier molecular flexibility index (Phi) is 6.35. The molecule has 0 amide bonds. The van der Waals surface area contributed by atoms with Crippen LogP contribution < -0.4 is 0 Å². The maximum Gasteiger partial charge on any atom is 0.170 e. The van der Waals surface area contributed by atoms with Crippen LogP contribution in [0.5, 0.6) is 0 Å². The summed E-state index contributed by atoms with van der Waals surface area (Å²) in [5.74, 6) is 0.209. The van der Waals surface area contributed by atoms with Crippen molar-refractivity contribution < 1.29 is 9.53 Å². The molecule has 0 aromatic heterocycles. The molecule has 2 aromatic carbocycles. The minimum atomic E-state index is -0.293. The van der Waals surface area contributed by atoms with Gasteiger partial charge in [-0.05, 0) is 17.5 Å². The number of likely N-dealkylation sites (tertiary alicyclic amines) is 1. The standard InChI is InChI=1S/C23H25NO2.ClH/c25-22-17-23(26-18-21(22)20-9-5-2-6-10-20)12-15-24(16-13-23)14-11-19-7-3-1-4-8-19;/h1-10,18H,11-17H2;1H. The highest BCUT2D eigenvalue weighted by atomic mass is 35.5. The van der Waals surface area contributed by atoms with E-state index in [0.717, 1.165) is 44.5 Å². The second-order valence-electron chi connectivity index (χ2n) is 7.38. The van der Waals surface area contributed by atoms with E-state index in [0.29, 0.717) is 12.0 Å². The van der Waals surface area contributed by atoms with Crippen molar-refractivity contribution in [2.45, 2.75) is 31.3 Å². The first-order valence-electron chi connectivity index (χ1n) is 9.47. The molecule has 1 fully saturated rings. The fraction of sp³-hybridized carbons (Fsp3) is 0.348. The molecule has 2 aliphatic heterocycles. The highest BCUT2D eigenvalue weighted by Crippen LogP contribution is 2.37. The normalized spacial score (nSPS) is 19.1. The Morgan fingerprint density at radius 3 is 2.19 bits per heavy atom. The SMILES string of the molecule is Cl.O=C1CC2(CCN(CCc3ccccc3)CC2)OC=C1c1ccccc1. The van der Waals surface area contributed by atoms with Crippen LogP contribution in [0.4, 0.5) is 0 Å². The van der Waals surface area contributed by atoms with Crippen molar-refractivity contribution in [2.75, 3.05) is 19.6 Å². The molecule has 2 aliphatic rings. The van der Waals surface area contributed by atoms with Gasteiger partial charge in [0.05, 0.1) is 18.3 Å². The second-order valence-corrected chi connectivity index (χ2v) is 7.38. The average molecular weight is 384 g/mol. The topological polar surface area (TPSA) is 29.5 Å². The van der Waals surface area contributed by atoms with Crippen molar-refractivity contribution in [2.24, 2.45) is 0 Å². The van der Waals surface area contributed by atoms with Crippen LogP contribution in [0, 0.1) is 0 Å². The van der Waals surface area contributed by atoms with Gasteiger partial charge in [-0.15, -0.1) is 12.4 Å². The number of ketones is 1. The minimum Gasteiger partial charge on any atom is -0.494 e. The summed E-state index contributed by atoms with van der Waals surface area (Å²) in [6.07, 6.45) is 5.13. The van der Waals surface area contributed by atoms with E-state index < -0.39 is 0 Å². The first-order chi connectivity index (χ1) is 12.7. The fourth-order valence-electron chi connectivity index (χ4n) is 3.94. The van der Waals surface area contributed by atoms with Gasteiger partial charge in [0.1, 0.15) is 5.60 Å². The van der Waals surface area contributed by atoms with Gasteiger partial charge in [-0.3, -0.25) is 4.79 Å². The van der Waals surface area contributed by atoms with Crippen LogP contribution in [-0.2, 0) is 16.0 Å². The first kappa shape index (κ1) is 19.7. The first-order valence-corrected chi connectivity index (χ1v) is 9.47. The molecule has 27 heavy (non-hydrogen) atoms. The third kappa shape index (κ3) is 4.60. The lowest BCUT2D eigenvalue weighted by Gasteiger charge is -2.42. The summed E-state index contributed by atoms with van der Waals surface area (Å²) in [6, 6.07) is 20.4. The zero-order valence-corrected chi connectivity index (χ0v) is 16.3. The number of Topliss-reactive ketones (excluding diaryl/α,β-unsaturated/α-hetero) is 1. The van der Waals surface area contributed by atoms with Gasteiger partial charge in [0.15, 0.2) is 5.78 Å². The Bertz CT molecular complexity index is 781. The maximum atomic E-state index is 12.7. The molecular weight excluding hydrogens is 358 g/mol. The maximum absolute atomic E-state index is 12.7. The Hall–Kier alpha value is -2.10. The average Bonchev–Trinajstić information content (AvgIpc) is 2.69. The number of carbonyl (C=O) groups excluding carboxylic acids is 1. The van der Waals surface area contributed by atoms with Crippen LogP contribution >= 0.6 is 12.4 Å². The zero-order valence-electron chi connectivity index (χ0n) is 15.5. The number of benzene rings is 2. The van der Waals surface area contributed by atoms with E-state index in [1.165, 1.54) is 5.56 Å². The van der Waals surface area contributed by atoms with E-state index in [4.69, 9.17) is 4.74 Å². The summed E-state index contributed by atoms with van der Waals surface area (Å²) in [5.41, 5.74) is 2.75. The molecular formula is C23H26ClNO2. The molecule has 2 heterocycles. The Morgan fingerprint density at radius 2 is 1.56 bits per heavy atom. The number of carbonyl (C=O) groups is 1. The highest BCUT2D eigenvalue weighted by molar-refractivity contribution is 6.21. The van der Waals surface area contributed by atoms with E-state index in [-0.39, 0.29) is 23.8 Å². The van der Waals surface area contributed by atoms with Gasteiger partial charge in [0.2, 0.25) is 0 Å². The number of halogens is 1. The monoisotopic (exact) mass is 383 g/mol. The molecule has 0 saturated carbocycles. The van der Waals surface area contributed by atoms with Crippen LogP contribution in [0.2, 0.25) is 0 Å². The molecule has 142 valence electrons. The van der Waals surface area contributed by atoms with E-state index in [1.54, 1.807) is 6.26 Å². The smallest absolute Gasteiger partial charge is 0.170 e. The number of hydrogen-bond acceptors (Lipinski definition) is 3. The number of nitrogens with zero attached hydrogens (tertiary/aromatic N) is 1. The summed E-state index contributed by atoms with van der Waals surface area (Å²) in [6.45, 7) is 3.06. The summed E-state index contributed by atoms with van der Waals surface area (Å²) >= 11 is 0. The van der Waals surface area contributed by atoms with Crippen molar-refractivity contribution in [1.82, 2.24) is 4.90 Å². The lowest BCUT2D eigenvalue weighted by Crippen LogP contribution is -2.48. The van der Waals surface area contributed by atoms with Crippen LogP contribution in [-0.4, -0.2) is 35.9 Å². The van der Waals surface area contributed by atoms with Crippen molar-refractivity contribution >= 4 is 23.8 Å². The lowest BCUT2D eigenvalue weighted by molar-refractivity contribution is -0.124. The molecule has 1 saturated heterocycles. The largest absolute Gasteiger partial charge is 0.494 e. The summed E-state index contributed by atoms with van der Waals surface area (Å²) in [7, 11) is 0. The van der Waals surface area contributed by atoms with E-state index in [9.17, 15) is 4.79 Å². The molecule has 0 bridgehead atoms. The van der Waals surface area contributed by atoms with Crippen molar-refractivity contribution in [3.05, 3.63) is 78.1 Å². The van der Waals surface area contributed by atoms with Gasteiger partial charge in [-0.1, -0.05) is 60.7 Å². The summed E-state index contributed by atoms with van der Waals surface area (Å²) in [5, 5.41) is 0. The van der Waals surface area contributed by atoms with Crippen LogP contribution in [0.3, 0.4) is 0 Å². The number of hydrogen-bond donors (Lipinski definition) is 0. The Balaban J connectivity index is 0.00000210. The number of piperidine rings is 1. The molecule has 0 aliphatic carbocycles. The molecule has 0 radical (unpaired) electrons. The van der Waals surface area contributed by atoms with Crippen LogP contribution in [0.25, 0.3) is 5.57 Å². The van der Waals surface area contributed by atoms with Gasteiger partial charge in [-0.2, -0.15) is 0 Å². The predicted octanol–water partition coefficient (Wildman–Crippen LogP) is 4.52. The quantitative estimate of drug-likeness (QED) is 0.777. The number of rotatable bonds is 4. The fourth-order valence-corrected chi connectivity index (χ4v) is 3.94. The van der Waals surface area contributed by atoms with Gasteiger partial charge in [0, 0.05) is 32.5 Å². The van der Waals surface area contributed by atoms with Gasteiger partial charge in [0.25, 0.3) is 0 Å².